The number of aryl methyl sites for hydroxylation is 1. The largest absolute Gasteiger partial charge is 0.353 e. The van der Waals surface area contributed by atoms with Gasteiger partial charge in [0.2, 0.25) is 0 Å². The molecule has 120 valence electrons. The van der Waals surface area contributed by atoms with Gasteiger partial charge in [-0.15, -0.1) is 0 Å². The van der Waals surface area contributed by atoms with Gasteiger partial charge in [-0.3, -0.25) is 4.79 Å². The van der Waals surface area contributed by atoms with Gasteiger partial charge in [0.15, 0.2) is 0 Å². The molecule has 0 atom stereocenters. The Morgan fingerprint density at radius 2 is 1.91 bits per heavy atom. The molecule has 0 bridgehead atoms. The predicted molar refractivity (Wildman–Crippen MR) is 101 cm³/mol. The van der Waals surface area contributed by atoms with Crippen molar-refractivity contribution in [3.05, 3.63) is 56.2 Å². The third-order valence-electron chi connectivity index (χ3n) is 4.02. The molecule has 3 rings (SSSR count). The van der Waals surface area contributed by atoms with Crippen molar-refractivity contribution in [3.8, 4) is 0 Å². The van der Waals surface area contributed by atoms with Crippen molar-refractivity contribution in [1.29, 1.82) is 0 Å². The molecule has 1 aromatic heterocycles. The number of amides is 1. The van der Waals surface area contributed by atoms with Crippen LogP contribution in [-0.2, 0) is 0 Å². The molecule has 1 aliphatic heterocycles. The zero-order valence-corrected chi connectivity index (χ0v) is 15.7. The van der Waals surface area contributed by atoms with Crippen LogP contribution in [0.2, 0.25) is 5.02 Å². The molecule has 1 aliphatic rings. The van der Waals surface area contributed by atoms with Crippen molar-refractivity contribution in [2.75, 3.05) is 31.1 Å². The second kappa shape index (κ2) is 7.05. The zero-order valence-electron chi connectivity index (χ0n) is 12.8. The van der Waals surface area contributed by atoms with Crippen molar-refractivity contribution in [3.63, 3.8) is 0 Å². The van der Waals surface area contributed by atoms with Crippen LogP contribution in [0.1, 0.15) is 15.9 Å². The fraction of sp³-hybridized carbons (Fsp3) is 0.294. The van der Waals surface area contributed by atoms with E-state index < -0.39 is 0 Å². The van der Waals surface area contributed by atoms with E-state index in [2.05, 4.69) is 32.5 Å². The number of anilines is 1. The highest BCUT2D eigenvalue weighted by atomic mass is 127. The highest BCUT2D eigenvalue weighted by Crippen LogP contribution is 2.21. The predicted octanol–water partition coefficient (Wildman–Crippen LogP) is 3.61. The maximum atomic E-state index is 12.7. The molecule has 4 nitrogen and oxygen atoms in total. The van der Waals surface area contributed by atoms with Gasteiger partial charge in [-0.1, -0.05) is 23.7 Å². The van der Waals surface area contributed by atoms with Crippen molar-refractivity contribution < 1.29 is 4.79 Å². The molecule has 1 saturated heterocycles. The molecule has 2 aromatic rings. The Labute approximate surface area is 154 Å². The van der Waals surface area contributed by atoms with Crippen LogP contribution >= 0.6 is 34.2 Å². The molecule has 0 unspecified atom stereocenters. The molecule has 1 amide bonds. The lowest BCUT2D eigenvalue weighted by Gasteiger charge is -2.35. The number of pyridine rings is 1. The molecule has 0 N–H and O–H groups in total. The molecule has 6 heteroatoms. The number of halogens is 2. The smallest absolute Gasteiger partial charge is 0.255 e. The molecule has 0 aliphatic carbocycles. The van der Waals surface area contributed by atoms with E-state index in [4.69, 9.17) is 11.6 Å². The summed E-state index contributed by atoms with van der Waals surface area (Å²) in [6.07, 6.45) is 1.66. The number of hydrogen-bond donors (Lipinski definition) is 0. The quantitative estimate of drug-likeness (QED) is 0.668. The fourth-order valence-corrected chi connectivity index (χ4v) is 3.38. The fourth-order valence-electron chi connectivity index (χ4n) is 2.68. The maximum absolute atomic E-state index is 12.7. The second-order valence-corrected chi connectivity index (χ2v) is 7.07. The Hall–Kier alpha value is -1.34. The zero-order chi connectivity index (χ0) is 16.4. The van der Waals surface area contributed by atoms with E-state index in [-0.39, 0.29) is 5.91 Å². The van der Waals surface area contributed by atoms with Gasteiger partial charge in [0.25, 0.3) is 5.91 Å². The van der Waals surface area contributed by atoms with Gasteiger partial charge in [-0.2, -0.15) is 0 Å². The summed E-state index contributed by atoms with van der Waals surface area (Å²) >= 11 is 8.13. The van der Waals surface area contributed by atoms with Crippen LogP contribution in [0.3, 0.4) is 0 Å². The molecule has 0 radical (unpaired) electrons. The first kappa shape index (κ1) is 16.5. The standard InChI is InChI=1S/C17H17ClIN3O/c1-12-3-2-4-14(16(12)19)17(23)22-9-7-21(8-10-22)15-6-5-13(18)11-20-15/h2-6,11H,7-10H2,1H3. The Morgan fingerprint density at radius 1 is 1.17 bits per heavy atom. The average molecular weight is 442 g/mol. The van der Waals surface area contributed by atoms with Crippen LogP contribution < -0.4 is 4.90 Å². The average Bonchev–Trinajstić information content (AvgIpc) is 2.58. The number of benzene rings is 1. The van der Waals surface area contributed by atoms with Gasteiger partial charge >= 0.3 is 0 Å². The van der Waals surface area contributed by atoms with Gasteiger partial charge in [0, 0.05) is 35.9 Å². The van der Waals surface area contributed by atoms with E-state index in [0.717, 1.165) is 33.6 Å². The Morgan fingerprint density at radius 3 is 2.57 bits per heavy atom. The molecule has 23 heavy (non-hydrogen) atoms. The van der Waals surface area contributed by atoms with Crippen LogP contribution in [0.4, 0.5) is 5.82 Å². The summed E-state index contributed by atoms with van der Waals surface area (Å²) in [5, 5.41) is 0.636. The first-order valence-electron chi connectivity index (χ1n) is 7.47. The molecule has 0 saturated carbocycles. The Bertz CT molecular complexity index is 712. The monoisotopic (exact) mass is 441 g/mol. The molecule has 0 spiro atoms. The third kappa shape index (κ3) is 3.61. The lowest BCUT2D eigenvalue weighted by Crippen LogP contribution is -2.49. The third-order valence-corrected chi connectivity index (χ3v) is 5.68. The van der Waals surface area contributed by atoms with Gasteiger partial charge in [0.05, 0.1) is 10.6 Å². The Balaban J connectivity index is 1.68. The van der Waals surface area contributed by atoms with E-state index >= 15 is 0 Å². The van der Waals surface area contributed by atoms with Crippen molar-refractivity contribution in [1.82, 2.24) is 9.88 Å². The highest BCUT2D eigenvalue weighted by Gasteiger charge is 2.24. The van der Waals surface area contributed by atoms with Gasteiger partial charge < -0.3 is 9.80 Å². The van der Waals surface area contributed by atoms with Crippen LogP contribution in [0.5, 0.6) is 0 Å². The number of carbonyl (C=O) groups excluding carboxylic acids is 1. The lowest BCUT2D eigenvalue weighted by atomic mass is 10.1. The van der Waals surface area contributed by atoms with Gasteiger partial charge in [-0.05, 0) is 53.3 Å². The topological polar surface area (TPSA) is 36.4 Å². The highest BCUT2D eigenvalue weighted by molar-refractivity contribution is 14.1. The summed E-state index contributed by atoms with van der Waals surface area (Å²) in [6.45, 7) is 4.99. The van der Waals surface area contributed by atoms with Crippen molar-refractivity contribution in [2.45, 2.75) is 6.92 Å². The van der Waals surface area contributed by atoms with E-state index in [9.17, 15) is 4.79 Å². The normalized spacial score (nSPS) is 14.9. The number of rotatable bonds is 2. The summed E-state index contributed by atoms with van der Waals surface area (Å²) in [5.74, 6) is 1.02. The number of piperazine rings is 1. The van der Waals surface area contributed by atoms with Gasteiger partial charge in [0.1, 0.15) is 5.82 Å². The summed E-state index contributed by atoms with van der Waals surface area (Å²) in [6, 6.07) is 9.64. The Kier molecular flexibility index (Phi) is 5.06. The number of aromatic nitrogens is 1. The van der Waals surface area contributed by atoms with E-state index in [0.29, 0.717) is 18.1 Å². The lowest BCUT2D eigenvalue weighted by molar-refractivity contribution is 0.0745. The summed E-state index contributed by atoms with van der Waals surface area (Å²) in [7, 11) is 0. The molecule has 1 fully saturated rings. The van der Waals surface area contributed by atoms with Crippen molar-refractivity contribution in [2.24, 2.45) is 0 Å². The minimum atomic E-state index is 0.113. The first-order valence-corrected chi connectivity index (χ1v) is 8.93. The molecular formula is C17H17ClIN3O. The van der Waals surface area contributed by atoms with Crippen LogP contribution in [0, 0.1) is 10.5 Å². The first-order chi connectivity index (χ1) is 11.1. The van der Waals surface area contributed by atoms with E-state index in [1.54, 1.807) is 6.20 Å². The number of nitrogens with zero attached hydrogens (tertiary/aromatic N) is 3. The van der Waals surface area contributed by atoms with Crippen molar-refractivity contribution >= 4 is 45.9 Å². The molecule has 1 aromatic carbocycles. The van der Waals surface area contributed by atoms with E-state index in [1.165, 1.54) is 0 Å². The SMILES string of the molecule is Cc1cccc(C(=O)N2CCN(c3ccc(Cl)cn3)CC2)c1I. The van der Waals surface area contributed by atoms with Crippen LogP contribution in [0.15, 0.2) is 36.5 Å². The van der Waals surface area contributed by atoms with Gasteiger partial charge in [-0.25, -0.2) is 4.98 Å². The van der Waals surface area contributed by atoms with Crippen LogP contribution in [-0.4, -0.2) is 42.0 Å². The maximum Gasteiger partial charge on any atom is 0.255 e. The summed E-state index contributed by atoms with van der Waals surface area (Å²) in [4.78, 5) is 21.2. The summed E-state index contributed by atoms with van der Waals surface area (Å²) in [5.41, 5.74) is 1.93. The summed E-state index contributed by atoms with van der Waals surface area (Å²) < 4.78 is 1.04. The molecule has 2 heterocycles. The van der Waals surface area contributed by atoms with Crippen LogP contribution in [0.25, 0.3) is 0 Å². The second-order valence-electron chi connectivity index (χ2n) is 5.55. The van der Waals surface area contributed by atoms with E-state index in [1.807, 2.05) is 42.2 Å². The number of hydrogen-bond acceptors (Lipinski definition) is 3. The molecular weight excluding hydrogens is 425 g/mol. The minimum Gasteiger partial charge on any atom is -0.353 e. The number of carbonyl (C=O) groups is 1. The minimum absolute atomic E-state index is 0.113.